The molecule has 7 heteroatoms. The van der Waals surface area contributed by atoms with Gasteiger partial charge in [-0.15, -0.1) is 0 Å². The first-order valence-corrected chi connectivity index (χ1v) is 5.23. The topological polar surface area (TPSA) is 78.4 Å². The lowest BCUT2D eigenvalue weighted by Gasteiger charge is -2.13. The number of anilines is 1. The van der Waals surface area contributed by atoms with Gasteiger partial charge in [-0.25, -0.2) is 13.6 Å². The number of carboxylic acid groups (broad SMARTS) is 1. The Hall–Kier alpha value is -2.18. The van der Waals surface area contributed by atoms with Crippen LogP contribution in [-0.4, -0.2) is 29.6 Å². The van der Waals surface area contributed by atoms with Gasteiger partial charge in [0.2, 0.25) is 5.91 Å². The Labute approximate surface area is 101 Å². The summed E-state index contributed by atoms with van der Waals surface area (Å²) in [5.74, 6) is -4.37. The summed E-state index contributed by atoms with van der Waals surface area (Å²) in [4.78, 5) is 21.5. The number of nitrogens with one attached hydrogen (secondary N) is 2. The average molecular weight is 256 g/mol. The van der Waals surface area contributed by atoms with Crippen LogP contribution in [0.25, 0.3) is 0 Å². The van der Waals surface area contributed by atoms with Crippen molar-refractivity contribution in [1.29, 1.82) is 0 Å². The zero-order chi connectivity index (χ0) is 13.3. The highest BCUT2D eigenvalue weighted by molar-refractivity contribution is 5.88. The molecule has 96 valence electrons. The molecule has 0 saturated carbocycles. The van der Waals surface area contributed by atoms with E-state index in [9.17, 15) is 18.4 Å². The van der Waals surface area contributed by atoms with E-state index in [1.165, 1.54) is 0 Å². The minimum atomic E-state index is -1.53. The van der Waals surface area contributed by atoms with E-state index in [-0.39, 0.29) is 24.1 Å². The summed E-state index contributed by atoms with van der Waals surface area (Å²) >= 11 is 0. The quantitative estimate of drug-likeness (QED) is 0.752. The fourth-order valence-corrected chi connectivity index (χ4v) is 1.75. The molecule has 5 nitrogen and oxygen atoms in total. The highest BCUT2D eigenvalue weighted by Crippen LogP contribution is 2.22. The molecule has 0 spiro atoms. The van der Waals surface area contributed by atoms with E-state index in [4.69, 9.17) is 5.11 Å². The molecule has 0 bridgehead atoms. The third kappa shape index (κ3) is 2.24. The van der Waals surface area contributed by atoms with Crippen LogP contribution in [0.1, 0.15) is 16.8 Å². The van der Waals surface area contributed by atoms with Gasteiger partial charge in [-0.05, 0) is 12.1 Å². The van der Waals surface area contributed by atoms with Crippen LogP contribution in [0.4, 0.5) is 14.5 Å². The minimum Gasteiger partial charge on any atom is -0.478 e. The molecule has 1 aromatic carbocycles. The number of amides is 1. The lowest BCUT2D eigenvalue weighted by molar-refractivity contribution is -0.119. The number of hydrogen-bond donors (Lipinski definition) is 3. The maximum atomic E-state index is 13.6. The smallest absolute Gasteiger partial charge is 0.338 e. The van der Waals surface area contributed by atoms with Crippen LogP contribution in [0.2, 0.25) is 0 Å². The molecular formula is C11H10F2N2O3. The van der Waals surface area contributed by atoms with Crippen LogP contribution in [0.3, 0.4) is 0 Å². The van der Waals surface area contributed by atoms with Crippen LogP contribution >= 0.6 is 0 Å². The standard InChI is InChI=1S/C11H10F2N2O3/c12-9-6(11(17)18)1-2-7(10(9)13)15-5-3-8(16)14-4-5/h1-2,5,15H,3-4H2,(H,14,16)(H,17,18). The maximum absolute atomic E-state index is 13.6. The summed E-state index contributed by atoms with van der Waals surface area (Å²) in [6.07, 6.45) is 0.168. The summed E-state index contributed by atoms with van der Waals surface area (Å²) in [6, 6.07) is 1.79. The highest BCUT2D eigenvalue weighted by atomic mass is 19.2. The van der Waals surface area contributed by atoms with Crippen molar-refractivity contribution in [2.24, 2.45) is 0 Å². The molecule has 1 fully saturated rings. The molecule has 1 heterocycles. The van der Waals surface area contributed by atoms with E-state index < -0.39 is 23.2 Å². The van der Waals surface area contributed by atoms with Gasteiger partial charge in [-0.1, -0.05) is 0 Å². The van der Waals surface area contributed by atoms with E-state index >= 15 is 0 Å². The number of carboxylic acids is 1. The Morgan fingerprint density at radius 1 is 1.39 bits per heavy atom. The number of carbonyl (C=O) groups is 2. The molecule has 1 aromatic rings. The molecule has 1 aliphatic heterocycles. The Balaban J connectivity index is 2.22. The number of rotatable bonds is 3. The normalized spacial score (nSPS) is 18.6. The first kappa shape index (κ1) is 12.3. The van der Waals surface area contributed by atoms with Gasteiger partial charge < -0.3 is 15.7 Å². The summed E-state index contributed by atoms with van der Waals surface area (Å²) in [5, 5.41) is 13.8. The summed E-state index contributed by atoms with van der Waals surface area (Å²) in [6.45, 7) is 0.320. The Morgan fingerprint density at radius 3 is 2.67 bits per heavy atom. The first-order chi connectivity index (χ1) is 8.49. The second-order valence-corrected chi connectivity index (χ2v) is 3.94. The minimum absolute atomic E-state index is 0.154. The van der Waals surface area contributed by atoms with Crippen molar-refractivity contribution in [2.45, 2.75) is 12.5 Å². The Bertz CT molecular complexity index is 519. The SMILES string of the molecule is O=C1CC(Nc2ccc(C(=O)O)c(F)c2F)CN1. The zero-order valence-corrected chi connectivity index (χ0v) is 9.17. The van der Waals surface area contributed by atoms with Crippen molar-refractivity contribution in [3.05, 3.63) is 29.3 Å². The van der Waals surface area contributed by atoms with Crippen molar-refractivity contribution >= 4 is 17.6 Å². The molecule has 0 radical (unpaired) electrons. The van der Waals surface area contributed by atoms with Gasteiger partial charge in [-0.2, -0.15) is 0 Å². The highest BCUT2D eigenvalue weighted by Gasteiger charge is 2.24. The summed E-state index contributed by atoms with van der Waals surface area (Å²) in [5.41, 5.74) is -0.877. The number of hydrogen-bond acceptors (Lipinski definition) is 3. The molecule has 0 aliphatic carbocycles. The molecule has 1 unspecified atom stereocenters. The molecule has 1 aliphatic rings. The number of carbonyl (C=O) groups excluding carboxylic acids is 1. The van der Waals surface area contributed by atoms with Crippen LogP contribution in [-0.2, 0) is 4.79 Å². The van der Waals surface area contributed by atoms with Crippen LogP contribution < -0.4 is 10.6 Å². The largest absolute Gasteiger partial charge is 0.478 e. The third-order valence-corrected chi connectivity index (χ3v) is 2.65. The van der Waals surface area contributed by atoms with E-state index in [1.807, 2.05) is 0 Å². The first-order valence-electron chi connectivity index (χ1n) is 5.23. The van der Waals surface area contributed by atoms with Gasteiger partial charge in [0, 0.05) is 13.0 Å². The molecule has 18 heavy (non-hydrogen) atoms. The molecule has 3 N–H and O–H groups in total. The Morgan fingerprint density at radius 2 is 2.11 bits per heavy atom. The van der Waals surface area contributed by atoms with Crippen molar-refractivity contribution in [1.82, 2.24) is 5.32 Å². The van der Waals surface area contributed by atoms with Crippen molar-refractivity contribution < 1.29 is 23.5 Å². The average Bonchev–Trinajstić information content (AvgIpc) is 2.70. The molecule has 1 atom stereocenters. The number of benzene rings is 1. The second kappa shape index (κ2) is 4.59. The van der Waals surface area contributed by atoms with Gasteiger partial charge in [0.1, 0.15) is 0 Å². The lowest BCUT2D eigenvalue weighted by atomic mass is 10.1. The van der Waals surface area contributed by atoms with E-state index in [2.05, 4.69) is 10.6 Å². The van der Waals surface area contributed by atoms with Crippen LogP contribution in [0.15, 0.2) is 12.1 Å². The van der Waals surface area contributed by atoms with Gasteiger partial charge in [0.05, 0.1) is 17.3 Å². The predicted octanol–water partition coefficient (Wildman–Crippen LogP) is 0.963. The van der Waals surface area contributed by atoms with Gasteiger partial charge >= 0.3 is 5.97 Å². The van der Waals surface area contributed by atoms with Crippen molar-refractivity contribution in [2.75, 3.05) is 11.9 Å². The van der Waals surface area contributed by atoms with Gasteiger partial charge in [-0.3, -0.25) is 4.79 Å². The molecular weight excluding hydrogens is 246 g/mol. The molecule has 2 rings (SSSR count). The van der Waals surface area contributed by atoms with Gasteiger partial charge in [0.15, 0.2) is 11.6 Å². The van der Waals surface area contributed by atoms with Crippen LogP contribution in [0.5, 0.6) is 0 Å². The molecule has 0 aromatic heterocycles. The molecule has 1 amide bonds. The van der Waals surface area contributed by atoms with E-state index in [0.717, 1.165) is 12.1 Å². The third-order valence-electron chi connectivity index (χ3n) is 2.65. The second-order valence-electron chi connectivity index (χ2n) is 3.94. The zero-order valence-electron chi connectivity index (χ0n) is 9.17. The van der Waals surface area contributed by atoms with Crippen molar-refractivity contribution in [3.8, 4) is 0 Å². The fraction of sp³-hybridized carbons (Fsp3) is 0.273. The monoisotopic (exact) mass is 256 g/mol. The van der Waals surface area contributed by atoms with Crippen molar-refractivity contribution in [3.63, 3.8) is 0 Å². The van der Waals surface area contributed by atoms with Crippen LogP contribution in [0, 0.1) is 11.6 Å². The van der Waals surface area contributed by atoms with Gasteiger partial charge in [0.25, 0.3) is 0 Å². The van der Waals surface area contributed by atoms with E-state index in [0.29, 0.717) is 6.54 Å². The predicted molar refractivity (Wildman–Crippen MR) is 58.4 cm³/mol. The Kier molecular flexibility index (Phi) is 3.14. The fourth-order valence-electron chi connectivity index (χ4n) is 1.75. The summed E-state index contributed by atoms with van der Waals surface area (Å²) in [7, 11) is 0. The maximum Gasteiger partial charge on any atom is 0.338 e. The summed E-state index contributed by atoms with van der Waals surface area (Å²) < 4.78 is 27.0. The molecule has 1 saturated heterocycles. The number of halogens is 2. The van der Waals surface area contributed by atoms with E-state index in [1.54, 1.807) is 0 Å². The lowest BCUT2D eigenvalue weighted by Crippen LogP contribution is -2.23. The number of aromatic carboxylic acids is 1.